The van der Waals surface area contributed by atoms with Crippen LogP contribution in [0.25, 0.3) is 0 Å². The molecule has 124 valence electrons. The van der Waals surface area contributed by atoms with Gasteiger partial charge in [-0.3, -0.25) is 4.99 Å². The van der Waals surface area contributed by atoms with E-state index in [-0.39, 0.29) is 0 Å². The molecule has 0 unspecified atom stereocenters. The van der Waals surface area contributed by atoms with Crippen LogP contribution in [0.3, 0.4) is 0 Å². The van der Waals surface area contributed by atoms with Crippen molar-refractivity contribution >= 4 is 5.96 Å². The van der Waals surface area contributed by atoms with Gasteiger partial charge in [0.05, 0.1) is 12.1 Å². The summed E-state index contributed by atoms with van der Waals surface area (Å²) in [5.74, 6) is 0.839. The van der Waals surface area contributed by atoms with Crippen molar-refractivity contribution in [1.29, 1.82) is 0 Å². The second kappa shape index (κ2) is 8.79. The van der Waals surface area contributed by atoms with E-state index in [1.807, 2.05) is 20.9 Å². The number of rotatable bonds is 7. The van der Waals surface area contributed by atoms with E-state index < -0.39 is 5.60 Å². The van der Waals surface area contributed by atoms with Crippen LogP contribution in [0.4, 0.5) is 0 Å². The fourth-order valence-corrected chi connectivity index (χ4v) is 2.28. The van der Waals surface area contributed by atoms with Gasteiger partial charge < -0.3 is 15.3 Å². The number of hydrogen-bond acceptors (Lipinski definition) is 2. The first-order chi connectivity index (χ1) is 10.5. The van der Waals surface area contributed by atoms with Crippen molar-refractivity contribution in [3.8, 4) is 0 Å². The zero-order chi connectivity index (χ0) is 16.6. The Morgan fingerprint density at radius 2 is 1.86 bits per heavy atom. The largest absolute Gasteiger partial charge is 0.388 e. The summed E-state index contributed by atoms with van der Waals surface area (Å²) in [5.41, 5.74) is 1.87. The van der Waals surface area contributed by atoms with Gasteiger partial charge in [-0.25, -0.2) is 0 Å². The second-order valence-corrected chi connectivity index (χ2v) is 5.88. The SMILES string of the molecule is CCNC(=NCC(O)(CC)CC)N(C)Cc1ccccc1C. The molecule has 0 bridgehead atoms. The molecule has 2 N–H and O–H groups in total. The van der Waals surface area contributed by atoms with Crippen molar-refractivity contribution in [2.75, 3.05) is 20.1 Å². The van der Waals surface area contributed by atoms with E-state index in [2.05, 4.69) is 53.3 Å². The lowest BCUT2D eigenvalue weighted by Crippen LogP contribution is -2.40. The maximum absolute atomic E-state index is 10.4. The van der Waals surface area contributed by atoms with Crippen LogP contribution in [-0.2, 0) is 6.54 Å². The third-order valence-corrected chi connectivity index (χ3v) is 4.20. The minimum Gasteiger partial charge on any atom is -0.388 e. The summed E-state index contributed by atoms with van der Waals surface area (Å²) in [5, 5.41) is 13.7. The summed E-state index contributed by atoms with van der Waals surface area (Å²) >= 11 is 0. The molecule has 0 saturated carbocycles. The van der Waals surface area contributed by atoms with E-state index >= 15 is 0 Å². The highest BCUT2D eigenvalue weighted by Crippen LogP contribution is 2.15. The highest BCUT2D eigenvalue weighted by Gasteiger charge is 2.22. The molecule has 0 radical (unpaired) electrons. The van der Waals surface area contributed by atoms with Gasteiger partial charge in [0.15, 0.2) is 5.96 Å². The summed E-state index contributed by atoms with van der Waals surface area (Å²) in [7, 11) is 2.03. The van der Waals surface area contributed by atoms with Crippen molar-refractivity contribution in [1.82, 2.24) is 10.2 Å². The van der Waals surface area contributed by atoms with Gasteiger partial charge in [0, 0.05) is 20.1 Å². The summed E-state index contributed by atoms with van der Waals surface area (Å²) < 4.78 is 0. The zero-order valence-corrected chi connectivity index (χ0v) is 14.7. The average Bonchev–Trinajstić information content (AvgIpc) is 2.53. The van der Waals surface area contributed by atoms with Gasteiger partial charge in [0.1, 0.15) is 0 Å². The van der Waals surface area contributed by atoms with E-state index in [0.29, 0.717) is 19.4 Å². The predicted octanol–water partition coefficient (Wildman–Crippen LogP) is 2.94. The maximum Gasteiger partial charge on any atom is 0.194 e. The molecule has 0 aromatic heterocycles. The summed E-state index contributed by atoms with van der Waals surface area (Å²) in [4.78, 5) is 6.74. The third kappa shape index (κ3) is 5.34. The Kier molecular flexibility index (Phi) is 7.39. The van der Waals surface area contributed by atoms with Crippen LogP contribution in [0, 0.1) is 6.92 Å². The Morgan fingerprint density at radius 1 is 1.23 bits per heavy atom. The Morgan fingerprint density at radius 3 is 2.41 bits per heavy atom. The molecule has 1 aromatic rings. The Labute approximate surface area is 135 Å². The fourth-order valence-electron chi connectivity index (χ4n) is 2.28. The van der Waals surface area contributed by atoms with Crippen molar-refractivity contribution in [3.05, 3.63) is 35.4 Å². The molecule has 0 aliphatic carbocycles. The highest BCUT2D eigenvalue weighted by atomic mass is 16.3. The molecule has 1 aromatic carbocycles. The van der Waals surface area contributed by atoms with Crippen LogP contribution in [-0.4, -0.2) is 41.7 Å². The van der Waals surface area contributed by atoms with Crippen LogP contribution in [0.5, 0.6) is 0 Å². The fraction of sp³-hybridized carbons (Fsp3) is 0.611. The van der Waals surface area contributed by atoms with Gasteiger partial charge in [0.2, 0.25) is 0 Å². The topological polar surface area (TPSA) is 47.9 Å². The molecular formula is C18H31N3O. The van der Waals surface area contributed by atoms with E-state index in [4.69, 9.17) is 0 Å². The monoisotopic (exact) mass is 305 g/mol. The number of benzene rings is 1. The van der Waals surface area contributed by atoms with E-state index in [0.717, 1.165) is 19.0 Å². The van der Waals surface area contributed by atoms with Gasteiger partial charge in [-0.15, -0.1) is 0 Å². The number of aliphatic hydroxyl groups is 1. The Bertz CT molecular complexity index is 481. The van der Waals surface area contributed by atoms with Crippen LogP contribution < -0.4 is 5.32 Å². The maximum atomic E-state index is 10.4. The molecule has 0 amide bonds. The minimum absolute atomic E-state index is 0.431. The van der Waals surface area contributed by atoms with E-state index in [9.17, 15) is 5.11 Å². The van der Waals surface area contributed by atoms with Crippen LogP contribution in [0.1, 0.15) is 44.7 Å². The van der Waals surface area contributed by atoms with Crippen molar-refractivity contribution in [3.63, 3.8) is 0 Å². The Balaban J connectivity index is 2.83. The first-order valence-corrected chi connectivity index (χ1v) is 8.22. The molecule has 22 heavy (non-hydrogen) atoms. The number of nitrogens with one attached hydrogen (secondary N) is 1. The van der Waals surface area contributed by atoms with Gasteiger partial charge in [-0.05, 0) is 37.8 Å². The number of aryl methyl sites for hydroxylation is 1. The van der Waals surface area contributed by atoms with E-state index in [1.54, 1.807) is 0 Å². The molecule has 0 saturated heterocycles. The van der Waals surface area contributed by atoms with Crippen molar-refractivity contribution < 1.29 is 5.11 Å². The average molecular weight is 305 g/mol. The van der Waals surface area contributed by atoms with Gasteiger partial charge in [0.25, 0.3) is 0 Å². The highest BCUT2D eigenvalue weighted by molar-refractivity contribution is 5.79. The molecule has 0 heterocycles. The first-order valence-electron chi connectivity index (χ1n) is 8.22. The van der Waals surface area contributed by atoms with Crippen LogP contribution >= 0.6 is 0 Å². The zero-order valence-electron chi connectivity index (χ0n) is 14.7. The summed E-state index contributed by atoms with van der Waals surface area (Å²) in [6.07, 6.45) is 1.43. The standard InChI is InChI=1S/C18H31N3O/c1-6-18(22,7-2)14-20-17(19-8-3)21(5)13-16-12-10-9-11-15(16)4/h9-12,22H,6-8,13-14H2,1-5H3,(H,19,20). The number of nitrogens with zero attached hydrogens (tertiary/aromatic N) is 2. The van der Waals surface area contributed by atoms with Crippen LogP contribution in [0.2, 0.25) is 0 Å². The third-order valence-electron chi connectivity index (χ3n) is 4.20. The molecule has 0 aliphatic heterocycles. The molecule has 0 fully saturated rings. The van der Waals surface area contributed by atoms with Gasteiger partial charge in [-0.2, -0.15) is 0 Å². The predicted molar refractivity (Wildman–Crippen MR) is 94.2 cm³/mol. The second-order valence-electron chi connectivity index (χ2n) is 5.88. The molecule has 4 nitrogen and oxygen atoms in total. The minimum atomic E-state index is -0.704. The summed E-state index contributed by atoms with van der Waals surface area (Å²) in [6.45, 7) is 10.2. The van der Waals surface area contributed by atoms with Gasteiger partial charge in [-0.1, -0.05) is 38.1 Å². The van der Waals surface area contributed by atoms with Gasteiger partial charge >= 0.3 is 0 Å². The van der Waals surface area contributed by atoms with Crippen molar-refractivity contribution in [2.24, 2.45) is 4.99 Å². The molecular weight excluding hydrogens is 274 g/mol. The van der Waals surface area contributed by atoms with Crippen molar-refractivity contribution in [2.45, 2.75) is 52.7 Å². The normalized spacial score (nSPS) is 12.4. The lowest BCUT2D eigenvalue weighted by atomic mass is 9.98. The Hall–Kier alpha value is -1.55. The number of guanidine groups is 1. The lowest BCUT2D eigenvalue weighted by molar-refractivity contribution is 0.0416. The van der Waals surface area contributed by atoms with E-state index in [1.165, 1.54) is 11.1 Å². The molecule has 4 heteroatoms. The summed E-state index contributed by atoms with van der Waals surface area (Å²) in [6, 6.07) is 8.39. The molecule has 1 rings (SSSR count). The quantitative estimate of drug-likeness (QED) is 0.601. The molecule has 0 atom stereocenters. The smallest absolute Gasteiger partial charge is 0.194 e. The number of hydrogen-bond donors (Lipinski definition) is 2. The molecule has 0 spiro atoms. The van der Waals surface area contributed by atoms with Crippen LogP contribution in [0.15, 0.2) is 29.3 Å². The number of aliphatic imine (C=N–C) groups is 1. The lowest BCUT2D eigenvalue weighted by Gasteiger charge is -2.26. The molecule has 0 aliphatic rings. The first kappa shape index (κ1) is 18.5.